The highest BCUT2D eigenvalue weighted by molar-refractivity contribution is 5.49. The van der Waals surface area contributed by atoms with E-state index in [0.717, 1.165) is 30.9 Å². The number of hydrogen-bond acceptors (Lipinski definition) is 4. The lowest BCUT2D eigenvalue weighted by Crippen LogP contribution is -2.23. The van der Waals surface area contributed by atoms with Crippen molar-refractivity contribution in [1.29, 1.82) is 5.26 Å². The lowest BCUT2D eigenvalue weighted by atomic mass is 10.2. The van der Waals surface area contributed by atoms with Crippen LogP contribution < -0.4 is 10.1 Å². The van der Waals surface area contributed by atoms with E-state index in [9.17, 15) is 0 Å². The number of likely N-dealkylation sites (N-methyl/N-ethyl adjacent to an activating group) is 1. The first-order valence-electron chi connectivity index (χ1n) is 6.83. The number of anilines is 1. The summed E-state index contributed by atoms with van der Waals surface area (Å²) in [5.41, 5.74) is 1.11. The Labute approximate surface area is 115 Å². The Morgan fingerprint density at radius 3 is 3.16 bits per heavy atom. The van der Waals surface area contributed by atoms with E-state index in [1.807, 2.05) is 18.2 Å². The van der Waals surface area contributed by atoms with Crippen LogP contribution >= 0.6 is 0 Å². The fraction of sp³-hybridized carbons (Fsp3) is 0.533. The van der Waals surface area contributed by atoms with Gasteiger partial charge >= 0.3 is 0 Å². The molecule has 1 saturated heterocycles. The lowest BCUT2D eigenvalue weighted by Gasteiger charge is -2.15. The van der Waals surface area contributed by atoms with Crippen LogP contribution in [0.25, 0.3) is 0 Å². The fourth-order valence-corrected chi connectivity index (χ4v) is 2.31. The molecule has 1 N–H and O–H groups in total. The Hall–Kier alpha value is -1.73. The van der Waals surface area contributed by atoms with Gasteiger partial charge in [-0.05, 0) is 38.6 Å². The number of unbranched alkanes of at least 4 members (excludes halogenated alkanes) is 1. The van der Waals surface area contributed by atoms with Gasteiger partial charge in [0.05, 0.1) is 12.7 Å². The number of hydrogen-bond donors (Lipinski definition) is 1. The molecule has 1 aromatic carbocycles. The van der Waals surface area contributed by atoms with Crippen LogP contribution in [0.1, 0.15) is 19.3 Å². The van der Waals surface area contributed by atoms with Crippen molar-refractivity contribution in [2.45, 2.75) is 25.3 Å². The maximum Gasteiger partial charge on any atom is 0.121 e. The standard InChI is InChI=1S/C15H21N3O/c1-18-9-7-14(12-18)17-13-5-4-6-15(11-13)19-10-3-2-8-16/h4-6,11,14,17H,2-3,7,9-10,12H2,1H3. The molecule has 0 aromatic heterocycles. The molecule has 1 aliphatic rings. The summed E-state index contributed by atoms with van der Waals surface area (Å²) in [5.74, 6) is 0.870. The largest absolute Gasteiger partial charge is 0.493 e. The van der Waals surface area contributed by atoms with Crippen molar-refractivity contribution in [2.75, 3.05) is 32.1 Å². The highest BCUT2D eigenvalue weighted by atomic mass is 16.5. The van der Waals surface area contributed by atoms with Gasteiger partial charge < -0.3 is 15.0 Å². The Balaban J connectivity index is 1.83. The van der Waals surface area contributed by atoms with E-state index in [2.05, 4.69) is 29.4 Å². The zero-order chi connectivity index (χ0) is 13.5. The monoisotopic (exact) mass is 259 g/mol. The van der Waals surface area contributed by atoms with Gasteiger partial charge in [0.1, 0.15) is 5.75 Å². The van der Waals surface area contributed by atoms with Crippen LogP contribution in [0.2, 0.25) is 0 Å². The van der Waals surface area contributed by atoms with Crippen molar-refractivity contribution in [1.82, 2.24) is 4.90 Å². The number of nitrogens with zero attached hydrogens (tertiary/aromatic N) is 2. The van der Waals surface area contributed by atoms with Gasteiger partial charge in [0.15, 0.2) is 0 Å². The van der Waals surface area contributed by atoms with Gasteiger partial charge in [-0.15, -0.1) is 0 Å². The molecule has 1 fully saturated rings. The van der Waals surface area contributed by atoms with E-state index in [0.29, 0.717) is 19.1 Å². The van der Waals surface area contributed by atoms with Crippen LogP contribution in [0.4, 0.5) is 5.69 Å². The molecule has 0 spiro atoms. The van der Waals surface area contributed by atoms with Crippen molar-refractivity contribution in [3.8, 4) is 11.8 Å². The Morgan fingerprint density at radius 1 is 1.53 bits per heavy atom. The van der Waals surface area contributed by atoms with Gasteiger partial charge in [0.25, 0.3) is 0 Å². The summed E-state index contributed by atoms with van der Waals surface area (Å²) in [4.78, 5) is 2.33. The number of rotatable bonds is 6. The number of benzene rings is 1. The highest BCUT2D eigenvalue weighted by Crippen LogP contribution is 2.20. The first-order valence-corrected chi connectivity index (χ1v) is 6.83. The SMILES string of the molecule is CN1CCC(Nc2cccc(OCCCC#N)c2)C1. The van der Waals surface area contributed by atoms with Crippen LogP contribution in [-0.4, -0.2) is 37.7 Å². The molecular weight excluding hydrogens is 238 g/mol. The van der Waals surface area contributed by atoms with Gasteiger partial charge in [-0.3, -0.25) is 0 Å². The molecule has 0 radical (unpaired) electrons. The average Bonchev–Trinajstić information content (AvgIpc) is 2.81. The highest BCUT2D eigenvalue weighted by Gasteiger charge is 2.18. The molecule has 4 heteroatoms. The summed E-state index contributed by atoms with van der Waals surface area (Å²) in [7, 11) is 2.15. The lowest BCUT2D eigenvalue weighted by molar-refractivity contribution is 0.313. The third kappa shape index (κ3) is 4.46. The predicted molar refractivity (Wildman–Crippen MR) is 76.3 cm³/mol. The van der Waals surface area contributed by atoms with Gasteiger partial charge in [0, 0.05) is 30.8 Å². The summed E-state index contributed by atoms with van der Waals surface area (Å²) in [5, 5.41) is 12.0. The molecule has 0 bridgehead atoms. The van der Waals surface area contributed by atoms with Crippen molar-refractivity contribution >= 4 is 5.69 Å². The van der Waals surface area contributed by atoms with Gasteiger partial charge in [-0.1, -0.05) is 6.07 Å². The van der Waals surface area contributed by atoms with Crippen molar-refractivity contribution < 1.29 is 4.74 Å². The first kappa shape index (κ1) is 13.7. The zero-order valence-electron chi connectivity index (χ0n) is 11.4. The zero-order valence-corrected chi connectivity index (χ0v) is 11.4. The second-order valence-electron chi connectivity index (χ2n) is 5.03. The minimum Gasteiger partial charge on any atom is -0.493 e. The quantitative estimate of drug-likeness (QED) is 0.797. The van der Waals surface area contributed by atoms with Gasteiger partial charge in [-0.2, -0.15) is 5.26 Å². The van der Waals surface area contributed by atoms with Crippen molar-refractivity contribution in [3.05, 3.63) is 24.3 Å². The average molecular weight is 259 g/mol. The maximum absolute atomic E-state index is 8.47. The van der Waals surface area contributed by atoms with Crippen molar-refractivity contribution in [2.24, 2.45) is 0 Å². The summed E-state index contributed by atoms with van der Waals surface area (Å²) in [6.45, 7) is 2.85. The van der Waals surface area contributed by atoms with E-state index in [-0.39, 0.29) is 0 Å². The molecule has 1 aliphatic heterocycles. The van der Waals surface area contributed by atoms with Crippen molar-refractivity contribution in [3.63, 3.8) is 0 Å². The first-order chi connectivity index (χ1) is 9.28. The molecule has 0 aliphatic carbocycles. The molecule has 0 saturated carbocycles. The number of likely N-dealkylation sites (tertiary alicyclic amines) is 1. The molecule has 102 valence electrons. The number of nitrogens with one attached hydrogen (secondary N) is 1. The number of ether oxygens (including phenoxy) is 1. The van der Waals surface area contributed by atoms with E-state index in [1.165, 1.54) is 6.42 Å². The van der Waals surface area contributed by atoms with E-state index in [4.69, 9.17) is 10.00 Å². The molecule has 1 aromatic rings. The van der Waals surface area contributed by atoms with E-state index >= 15 is 0 Å². The molecule has 1 atom stereocenters. The number of nitriles is 1. The third-order valence-electron chi connectivity index (χ3n) is 3.30. The van der Waals surface area contributed by atoms with Crippen LogP contribution in [0.5, 0.6) is 5.75 Å². The summed E-state index contributed by atoms with van der Waals surface area (Å²) in [6.07, 6.45) is 2.51. The van der Waals surface area contributed by atoms with Gasteiger partial charge in [0.2, 0.25) is 0 Å². The Morgan fingerprint density at radius 2 is 2.42 bits per heavy atom. The molecule has 19 heavy (non-hydrogen) atoms. The topological polar surface area (TPSA) is 48.3 Å². The summed E-state index contributed by atoms with van der Waals surface area (Å²) in [6, 6.07) is 10.7. The summed E-state index contributed by atoms with van der Waals surface area (Å²) < 4.78 is 5.63. The predicted octanol–water partition coefficient (Wildman–Crippen LogP) is 2.49. The molecule has 0 amide bonds. The second kappa shape index (κ2) is 7.01. The minimum absolute atomic E-state index is 0.527. The fourth-order valence-electron chi connectivity index (χ4n) is 2.31. The summed E-state index contributed by atoms with van der Waals surface area (Å²) >= 11 is 0. The van der Waals surface area contributed by atoms with Crippen LogP contribution in [-0.2, 0) is 0 Å². The maximum atomic E-state index is 8.47. The van der Waals surface area contributed by atoms with Crippen LogP contribution in [0, 0.1) is 11.3 Å². The van der Waals surface area contributed by atoms with E-state index in [1.54, 1.807) is 0 Å². The molecule has 2 rings (SSSR count). The minimum atomic E-state index is 0.527. The van der Waals surface area contributed by atoms with Gasteiger partial charge in [-0.25, -0.2) is 0 Å². The third-order valence-corrected chi connectivity index (χ3v) is 3.30. The Bertz CT molecular complexity index is 441. The Kier molecular flexibility index (Phi) is 5.05. The van der Waals surface area contributed by atoms with Crippen LogP contribution in [0.3, 0.4) is 0 Å². The molecule has 4 nitrogen and oxygen atoms in total. The van der Waals surface area contributed by atoms with Crippen LogP contribution in [0.15, 0.2) is 24.3 Å². The normalized spacial score (nSPS) is 19.1. The second-order valence-corrected chi connectivity index (χ2v) is 5.03. The van der Waals surface area contributed by atoms with E-state index < -0.39 is 0 Å². The molecule has 1 heterocycles. The smallest absolute Gasteiger partial charge is 0.121 e. The molecular formula is C15H21N3O. The molecule has 1 unspecified atom stereocenters.